The number of aryl methyl sites for hydroxylation is 1. The van der Waals surface area contributed by atoms with Crippen molar-refractivity contribution in [2.24, 2.45) is 7.05 Å². The van der Waals surface area contributed by atoms with Crippen LogP contribution in [0.3, 0.4) is 0 Å². The third-order valence-electron chi connectivity index (χ3n) is 4.14. The second-order valence-corrected chi connectivity index (χ2v) is 5.91. The monoisotopic (exact) mass is 323 g/mol. The summed E-state index contributed by atoms with van der Waals surface area (Å²) in [5.41, 5.74) is 3.22. The van der Waals surface area contributed by atoms with Gasteiger partial charge in [0.1, 0.15) is 12.2 Å². The minimum absolute atomic E-state index is 0.0930. The highest BCUT2D eigenvalue weighted by molar-refractivity contribution is 5.52. The van der Waals surface area contributed by atoms with Gasteiger partial charge >= 0.3 is 0 Å². The van der Waals surface area contributed by atoms with E-state index >= 15 is 0 Å². The Morgan fingerprint density at radius 1 is 1.29 bits per heavy atom. The summed E-state index contributed by atoms with van der Waals surface area (Å²) in [6, 6.07) is 2.00. The molecule has 0 bridgehead atoms. The molecule has 4 heterocycles. The van der Waals surface area contributed by atoms with Crippen LogP contribution in [0.25, 0.3) is 11.4 Å². The summed E-state index contributed by atoms with van der Waals surface area (Å²) in [4.78, 5) is 30.1. The lowest BCUT2D eigenvalue weighted by molar-refractivity contribution is 0.238. The number of aromatic amines is 1. The predicted molar refractivity (Wildman–Crippen MR) is 86.9 cm³/mol. The minimum Gasteiger partial charge on any atom is -0.306 e. The fraction of sp³-hybridized carbons (Fsp3) is 0.312. The van der Waals surface area contributed by atoms with Crippen molar-refractivity contribution in [2.75, 3.05) is 6.54 Å². The van der Waals surface area contributed by atoms with E-state index in [0.29, 0.717) is 17.9 Å². The lowest BCUT2D eigenvalue weighted by atomic mass is 10.1. The van der Waals surface area contributed by atoms with Gasteiger partial charge < -0.3 is 4.98 Å². The molecule has 0 spiro atoms. The number of nitrogens with zero attached hydrogens (tertiary/aromatic N) is 6. The molecule has 0 aromatic carbocycles. The standard InChI is InChI=1S/C16H17N7O/c1-22-4-2-12(21-22)8-23-5-3-14-13(9-23)16(24)20-15(19-14)11-6-17-10-18-7-11/h2,4,6-7,10H,3,5,8-9H2,1H3,(H,19,20,24). The van der Waals surface area contributed by atoms with Crippen LogP contribution in [0.1, 0.15) is 17.0 Å². The molecule has 4 rings (SSSR count). The quantitative estimate of drug-likeness (QED) is 0.755. The molecule has 0 unspecified atom stereocenters. The van der Waals surface area contributed by atoms with E-state index in [1.54, 1.807) is 17.1 Å². The number of H-pyrrole nitrogens is 1. The van der Waals surface area contributed by atoms with Crippen LogP contribution in [0.15, 0.2) is 35.8 Å². The van der Waals surface area contributed by atoms with Crippen LogP contribution in [0.4, 0.5) is 0 Å². The van der Waals surface area contributed by atoms with Gasteiger partial charge in [-0.15, -0.1) is 0 Å². The van der Waals surface area contributed by atoms with Crippen molar-refractivity contribution in [2.45, 2.75) is 19.5 Å². The Labute approximate surface area is 138 Å². The Morgan fingerprint density at radius 2 is 2.12 bits per heavy atom. The SMILES string of the molecule is Cn1ccc(CN2CCc3nc(-c4cncnc4)[nH]c(=O)c3C2)n1. The molecule has 0 radical (unpaired) electrons. The molecule has 24 heavy (non-hydrogen) atoms. The summed E-state index contributed by atoms with van der Waals surface area (Å²) < 4.78 is 1.79. The van der Waals surface area contributed by atoms with Crippen LogP contribution in [-0.2, 0) is 26.6 Å². The number of hydrogen-bond acceptors (Lipinski definition) is 6. The molecule has 1 aliphatic heterocycles. The number of nitrogens with one attached hydrogen (secondary N) is 1. The van der Waals surface area contributed by atoms with E-state index < -0.39 is 0 Å². The lowest BCUT2D eigenvalue weighted by Gasteiger charge is -2.26. The van der Waals surface area contributed by atoms with Gasteiger partial charge in [0, 0.05) is 51.7 Å². The molecule has 1 aliphatic rings. The Kier molecular flexibility index (Phi) is 3.66. The van der Waals surface area contributed by atoms with Crippen molar-refractivity contribution in [3.63, 3.8) is 0 Å². The molecule has 0 aliphatic carbocycles. The average molecular weight is 323 g/mol. The van der Waals surface area contributed by atoms with Crippen LogP contribution in [0.5, 0.6) is 0 Å². The Bertz CT molecular complexity index is 916. The van der Waals surface area contributed by atoms with E-state index in [9.17, 15) is 4.79 Å². The van der Waals surface area contributed by atoms with Crippen LogP contribution in [-0.4, -0.2) is 41.2 Å². The van der Waals surface area contributed by atoms with Gasteiger partial charge in [-0.1, -0.05) is 0 Å². The van der Waals surface area contributed by atoms with Crippen LogP contribution >= 0.6 is 0 Å². The fourth-order valence-electron chi connectivity index (χ4n) is 2.95. The molecule has 8 heteroatoms. The summed E-state index contributed by atoms with van der Waals surface area (Å²) in [5, 5.41) is 4.40. The molecule has 122 valence electrons. The van der Waals surface area contributed by atoms with Crippen molar-refractivity contribution in [1.82, 2.24) is 34.6 Å². The van der Waals surface area contributed by atoms with Gasteiger partial charge in [-0.3, -0.25) is 14.4 Å². The molecule has 0 fully saturated rings. The first-order chi connectivity index (χ1) is 11.7. The number of rotatable bonds is 3. The summed E-state index contributed by atoms with van der Waals surface area (Å²) in [7, 11) is 1.90. The van der Waals surface area contributed by atoms with E-state index in [4.69, 9.17) is 0 Å². The van der Waals surface area contributed by atoms with E-state index in [1.165, 1.54) is 6.33 Å². The molecular weight excluding hydrogens is 306 g/mol. The van der Waals surface area contributed by atoms with Crippen LogP contribution < -0.4 is 5.56 Å². The summed E-state index contributed by atoms with van der Waals surface area (Å²) >= 11 is 0. The second kappa shape index (κ2) is 5.97. The largest absolute Gasteiger partial charge is 0.306 e. The summed E-state index contributed by atoms with van der Waals surface area (Å²) in [5.74, 6) is 0.525. The molecular formula is C16H17N7O. The molecule has 0 atom stereocenters. The lowest BCUT2D eigenvalue weighted by Crippen LogP contribution is -2.35. The van der Waals surface area contributed by atoms with Gasteiger partial charge in [-0.2, -0.15) is 5.10 Å². The molecule has 1 N–H and O–H groups in total. The Hall–Kier alpha value is -2.87. The molecule has 8 nitrogen and oxygen atoms in total. The molecule has 0 saturated heterocycles. The van der Waals surface area contributed by atoms with Crippen LogP contribution in [0.2, 0.25) is 0 Å². The fourth-order valence-corrected chi connectivity index (χ4v) is 2.95. The maximum Gasteiger partial charge on any atom is 0.255 e. The summed E-state index contributed by atoms with van der Waals surface area (Å²) in [6.07, 6.45) is 7.42. The zero-order chi connectivity index (χ0) is 16.5. The topological polar surface area (TPSA) is 92.6 Å². The maximum absolute atomic E-state index is 12.5. The molecule has 3 aromatic heterocycles. The van der Waals surface area contributed by atoms with Gasteiger partial charge in [-0.25, -0.2) is 15.0 Å². The van der Waals surface area contributed by atoms with Crippen molar-refractivity contribution < 1.29 is 0 Å². The molecule has 0 amide bonds. The van der Waals surface area contributed by atoms with Crippen molar-refractivity contribution in [3.05, 3.63) is 58.3 Å². The third kappa shape index (κ3) is 2.83. The zero-order valence-electron chi connectivity index (χ0n) is 13.3. The first-order valence-electron chi connectivity index (χ1n) is 7.77. The number of fused-ring (bicyclic) bond motifs is 1. The zero-order valence-corrected chi connectivity index (χ0v) is 13.3. The van der Waals surface area contributed by atoms with Gasteiger partial charge in [-0.05, 0) is 6.07 Å². The van der Waals surface area contributed by atoms with E-state index in [1.807, 2.05) is 19.3 Å². The van der Waals surface area contributed by atoms with Gasteiger partial charge in [0.05, 0.1) is 22.5 Å². The first-order valence-corrected chi connectivity index (χ1v) is 7.77. The van der Waals surface area contributed by atoms with E-state index in [-0.39, 0.29) is 5.56 Å². The van der Waals surface area contributed by atoms with Crippen molar-refractivity contribution >= 4 is 0 Å². The number of aromatic nitrogens is 6. The van der Waals surface area contributed by atoms with Gasteiger partial charge in [0.15, 0.2) is 0 Å². The predicted octanol–water partition coefficient (Wildman–Crippen LogP) is 0.519. The van der Waals surface area contributed by atoms with E-state index in [2.05, 4.69) is 29.9 Å². The smallest absolute Gasteiger partial charge is 0.255 e. The summed E-state index contributed by atoms with van der Waals surface area (Å²) in [6.45, 7) is 2.17. The third-order valence-corrected chi connectivity index (χ3v) is 4.14. The van der Waals surface area contributed by atoms with Crippen LogP contribution in [0, 0.1) is 0 Å². The highest BCUT2D eigenvalue weighted by Gasteiger charge is 2.22. The van der Waals surface area contributed by atoms with Gasteiger partial charge in [0.2, 0.25) is 0 Å². The Balaban J connectivity index is 1.59. The Morgan fingerprint density at radius 3 is 2.88 bits per heavy atom. The highest BCUT2D eigenvalue weighted by Crippen LogP contribution is 2.18. The average Bonchev–Trinajstić information content (AvgIpc) is 3.01. The normalized spacial score (nSPS) is 14.5. The van der Waals surface area contributed by atoms with Crippen molar-refractivity contribution in [1.29, 1.82) is 0 Å². The first kappa shape index (κ1) is 14.7. The van der Waals surface area contributed by atoms with Gasteiger partial charge in [0.25, 0.3) is 5.56 Å². The highest BCUT2D eigenvalue weighted by atomic mass is 16.1. The number of hydrogen-bond donors (Lipinski definition) is 1. The molecule has 0 saturated carbocycles. The molecule has 3 aromatic rings. The van der Waals surface area contributed by atoms with E-state index in [0.717, 1.165) is 36.5 Å². The maximum atomic E-state index is 12.5. The minimum atomic E-state index is -0.0930. The van der Waals surface area contributed by atoms with Crippen molar-refractivity contribution in [3.8, 4) is 11.4 Å². The second-order valence-electron chi connectivity index (χ2n) is 5.91.